The number of nitrogens with one attached hydrogen (secondary N) is 1. The van der Waals surface area contributed by atoms with E-state index in [0.29, 0.717) is 19.8 Å². The molecule has 1 N–H and O–H groups in total. The van der Waals surface area contributed by atoms with Crippen molar-refractivity contribution >= 4 is 11.6 Å². The van der Waals surface area contributed by atoms with E-state index in [1.165, 1.54) is 12.1 Å². The molecule has 0 spiro atoms. The Hall–Kier alpha value is -2.58. The Balaban J connectivity index is 1.72. The molecule has 3 rings (SSSR count). The molecule has 1 heterocycles. The quantitative estimate of drug-likeness (QED) is 0.775. The van der Waals surface area contributed by atoms with Crippen LogP contribution in [0.5, 0.6) is 0 Å². The molecule has 0 aliphatic carbocycles. The van der Waals surface area contributed by atoms with Gasteiger partial charge in [0.05, 0.1) is 24.8 Å². The second-order valence-corrected chi connectivity index (χ2v) is 7.44. The van der Waals surface area contributed by atoms with Crippen LogP contribution in [0.3, 0.4) is 0 Å². The monoisotopic (exact) mass is 421 g/mol. The number of benzene rings is 2. The van der Waals surface area contributed by atoms with E-state index in [9.17, 15) is 18.0 Å². The molecule has 5 nitrogen and oxygen atoms in total. The van der Waals surface area contributed by atoms with Gasteiger partial charge in [-0.1, -0.05) is 12.1 Å². The molecule has 162 valence electrons. The third-order valence-electron chi connectivity index (χ3n) is 5.21. The number of hydrogen-bond acceptors (Lipinski definition) is 4. The van der Waals surface area contributed by atoms with E-state index < -0.39 is 17.6 Å². The van der Waals surface area contributed by atoms with Crippen LogP contribution in [0.4, 0.5) is 18.9 Å². The van der Waals surface area contributed by atoms with Crippen LogP contribution < -0.4 is 10.2 Å². The molecule has 1 saturated heterocycles. The molecule has 1 aliphatic rings. The first-order chi connectivity index (χ1) is 14.3. The van der Waals surface area contributed by atoms with Crippen molar-refractivity contribution in [2.45, 2.75) is 12.2 Å². The number of morpholine rings is 1. The average Bonchev–Trinajstić information content (AvgIpc) is 2.74. The minimum atomic E-state index is -4.42. The Bertz CT molecular complexity index is 830. The van der Waals surface area contributed by atoms with Crippen LogP contribution in [-0.4, -0.2) is 57.8 Å². The summed E-state index contributed by atoms with van der Waals surface area (Å²) in [5.41, 5.74) is 1.57. The Labute approximate surface area is 174 Å². The van der Waals surface area contributed by atoms with Gasteiger partial charge in [0.2, 0.25) is 0 Å². The standard InChI is InChI=1S/C22H26F3N3O2/c1-27(2)19-9-5-16(6-10-19)20(28-11-13-30-14-12-28)15-26-21(29)17-3-7-18(8-4-17)22(23,24)25/h3-10,20H,11-15H2,1-2H3,(H,26,29)/t20-/m1/s1. The van der Waals surface area contributed by atoms with Crippen molar-refractivity contribution in [3.63, 3.8) is 0 Å². The zero-order chi connectivity index (χ0) is 21.7. The molecule has 30 heavy (non-hydrogen) atoms. The lowest BCUT2D eigenvalue weighted by atomic mass is 10.0. The van der Waals surface area contributed by atoms with E-state index in [1.807, 2.05) is 43.3 Å². The second kappa shape index (κ2) is 9.49. The molecular weight excluding hydrogens is 395 g/mol. The van der Waals surface area contributed by atoms with Gasteiger partial charge in [0.1, 0.15) is 0 Å². The van der Waals surface area contributed by atoms with E-state index in [2.05, 4.69) is 10.2 Å². The van der Waals surface area contributed by atoms with Crippen LogP contribution in [-0.2, 0) is 10.9 Å². The van der Waals surface area contributed by atoms with E-state index >= 15 is 0 Å². The highest BCUT2D eigenvalue weighted by Gasteiger charge is 2.30. The Morgan fingerprint density at radius 3 is 2.20 bits per heavy atom. The summed E-state index contributed by atoms with van der Waals surface area (Å²) in [4.78, 5) is 16.8. The van der Waals surface area contributed by atoms with Gasteiger partial charge in [0.25, 0.3) is 5.91 Å². The Morgan fingerprint density at radius 2 is 1.67 bits per heavy atom. The summed E-state index contributed by atoms with van der Waals surface area (Å²) in [6.45, 7) is 3.09. The number of rotatable bonds is 6. The highest BCUT2D eigenvalue weighted by atomic mass is 19.4. The van der Waals surface area contributed by atoms with Crippen LogP contribution in [0, 0.1) is 0 Å². The van der Waals surface area contributed by atoms with Gasteiger partial charge in [0, 0.05) is 45.0 Å². The molecule has 2 aromatic rings. The molecule has 0 saturated carbocycles. The summed E-state index contributed by atoms with van der Waals surface area (Å²) in [7, 11) is 3.94. The predicted octanol–water partition coefficient (Wildman–Crippen LogP) is 3.57. The van der Waals surface area contributed by atoms with Crippen molar-refractivity contribution in [1.29, 1.82) is 0 Å². The summed E-state index contributed by atoms with van der Waals surface area (Å²) in [6, 6.07) is 12.3. The summed E-state index contributed by atoms with van der Waals surface area (Å²) in [6.07, 6.45) is -4.42. The lowest BCUT2D eigenvalue weighted by Gasteiger charge is -2.35. The third-order valence-corrected chi connectivity index (χ3v) is 5.21. The molecule has 1 atom stereocenters. The first-order valence-electron chi connectivity index (χ1n) is 9.80. The van der Waals surface area contributed by atoms with Crippen LogP contribution in [0.1, 0.15) is 27.5 Å². The van der Waals surface area contributed by atoms with Crippen molar-refractivity contribution in [1.82, 2.24) is 10.2 Å². The van der Waals surface area contributed by atoms with Crippen molar-refractivity contribution in [2.75, 3.05) is 51.8 Å². The second-order valence-electron chi connectivity index (χ2n) is 7.44. The molecule has 0 radical (unpaired) electrons. The van der Waals surface area contributed by atoms with Crippen molar-refractivity contribution < 1.29 is 22.7 Å². The maximum atomic E-state index is 12.7. The largest absolute Gasteiger partial charge is 0.416 e. The Kier molecular flexibility index (Phi) is 6.99. The number of alkyl halides is 3. The molecule has 8 heteroatoms. The van der Waals surface area contributed by atoms with Gasteiger partial charge in [-0.05, 0) is 42.0 Å². The molecule has 1 amide bonds. The van der Waals surface area contributed by atoms with Crippen LogP contribution in [0.15, 0.2) is 48.5 Å². The van der Waals surface area contributed by atoms with Gasteiger partial charge in [-0.3, -0.25) is 9.69 Å². The molecule has 1 fully saturated rings. The number of ether oxygens (including phenoxy) is 1. The van der Waals surface area contributed by atoms with E-state index in [4.69, 9.17) is 4.74 Å². The molecule has 1 aliphatic heterocycles. The summed E-state index contributed by atoms with van der Waals surface area (Å²) < 4.78 is 43.6. The van der Waals surface area contributed by atoms with Crippen LogP contribution in [0.25, 0.3) is 0 Å². The normalized spacial score (nSPS) is 16.2. The SMILES string of the molecule is CN(C)c1ccc([C@@H](CNC(=O)c2ccc(C(F)(F)F)cc2)N2CCOCC2)cc1. The average molecular weight is 421 g/mol. The third kappa shape index (κ3) is 5.52. The summed E-state index contributed by atoms with van der Waals surface area (Å²) >= 11 is 0. The first-order valence-corrected chi connectivity index (χ1v) is 9.80. The van der Waals surface area contributed by atoms with Gasteiger partial charge in [-0.15, -0.1) is 0 Å². The highest BCUT2D eigenvalue weighted by molar-refractivity contribution is 5.94. The fourth-order valence-electron chi connectivity index (χ4n) is 3.44. The molecule has 0 bridgehead atoms. The smallest absolute Gasteiger partial charge is 0.379 e. The van der Waals surface area contributed by atoms with E-state index in [-0.39, 0.29) is 11.6 Å². The number of anilines is 1. The topological polar surface area (TPSA) is 44.8 Å². The lowest BCUT2D eigenvalue weighted by Crippen LogP contribution is -2.43. The number of hydrogen-bond donors (Lipinski definition) is 1. The molecule has 0 unspecified atom stereocenters. The fraction of sp³-hybridized carbons (Fsp3) is 0.409. The van der Waals surface area contributed by atoms with Gasteiger partial charge in [-0.25, -0.2) is 0 Å². The van der Waals surface area contributed by atoms with E-state index in [0.717, 1.165) is 36.5 Å². The van der Waals surface area contributed by atoms with Crippen LogP contribution in [0.2, 0.25) is 0 Å². The lowest BCUT2D eigenvalue weighted by molar-refractivity contribution is -0.137. The number of carbonyl (C=O) groups is 1. The van der Waals surface area contributed by atoms with Gasteiger partial charge >= 0.3 is 6.18 Å². The summed E-state index contributed by atoms with van der Waals surface area (Å²) in [5.74, 6) is -0.396. The maximum absolute atomic E-state index is 12.7. The molecular formula is C22H26F3N3O2. The number of carbonyl (C=O) groups excluding carboxylic acids is 1. The minimum absolute atomic E-state index is 0.0523. The van der Waals surface area contributed by atoms with Crippen molar-refractivity contribution in [2.24, 2.45) is 0 Å². The van der Waals surface area contributed by atoms with Gasteiger partial charge in [0.15, 0.2) is 0 Å². The first kappa shape index (κ1) is 22.1. The zero-order valence-electron chi connectivity index (χ0n) is 17.1. The fourth-order valence-corrected chi connectivity index (χ4v) is 3.44. The molecule has 0 aromatic heterocycles. The van der Waals surface area contributed by atoms with Gasteiger partial charge in [-0.2, -0.15) is 13.2 Å². The Morgan fingerprint density at radius 1 is 1.07 bits per heavy atom. The van der Waals surface area contributed by atoms with E-state index in [1.54, 1.807) is 0 Å². The van der Waals surface area contributed by atoms with Gasteiger partial charge < -0.3 is 15.0 Å². The number of halogens is 3. The van der Waals surface area contributed by atoms with Crippen LogP contribution >= 0.6 is 0 Å². The minimum Gasteiger partial charge on any atom is -0.379 e. The summed E-state index contributed by atoms with van der Waals surface area (Å²) in [5, 5.41) is 2.88. The predicted molar refractivity (Wildman–Crippen MR) is 110 cm³/mol. The number of amides is 1. The number of nitrogens with zero attached hydrogens (tertiary/aromatic N) is 2. The molecule has 2 aromatic carbocycles. The zero-order valence-corrected chi connectivity index (χ0v) is 17.1. The maximum Gasteiger partial charge on any atom is 0.416 e. The van der Waals surface area contributed by atoms with Crippen molar-refractivity contribution in [3.05, 3.63) is 65.2 Å². The van der Waals surface area contributed by atoms with Crippen molar-refractivity contribution in [3.8, 4) is 0 Å². The highest BCUT2D eigenvalue weighted by Crippen LogP contribution is 2.29.